The van der Waals surface area contributed by atoms with Crippen molar-refractivity contribution in [2.45, 2.75) is 38.8 Å². The summed E-state index contributed by atoms with van der Waals surface area (Å²) in [7, 11) is 1.64. The van der Waals surface area contributed by atoms with Crippen molar-refractivity contribution in [1.82, 2.24) is 5.32 Å². The molecule has 0 aliphatic rings. The van der Waals surface area contributed by atoms with E-state index in [1.807, 2.05) is 48.5 Å². The molecule has 4 heteroatoms. The van der Waals surface area contributed by atoms with Crippen LogP contribution < -0.4 is 10.1 Å². The lowest BCUT2D eigenvalue weighted by molar-refractivity contribution is -0.121. The third kappa shape index (κ3) is 4.83. The van der Waals surface area contributed by atoms with E-state index in [-0.39, 0.29) is 18.4 Å². The first-order valence-electron chi connectivity index (χ1n) is 8.26. The minimum absolute atomic E-state index is 0.0184. The molecule has 24 heavy (non-hydrogen) atoms. The third-order valence-electron chi connectivity index (χ3n) is 4.28. The highest BCUT2D eigenvalue weighted by atomic mass is 16.5. The van der Waals surface area contributed by atoms with Crippen LogP contribution in [-0.2, 0) is 17.9 Å². The van der Waals surface area contributed by atoms with Gasteiger partial charge in [0.25, 0.3) is 0 Å². The van der Waals surface area contributed by atoms with E-state index >= 15 is 0 Å². The Bertz CT molecular complexity index is 652. The van der Waals surface area contributed by atoms with Crippen LogP contribution >= 0.6 is 0 Å². The van der Waals surface area contributed by atoms with Gasteiger partial charge in [0, 0.05) is 13.0 Å². The number of hydrogen-bond acceptors (Lipinski definition) is 3. The topological polar surface area (TPSA) is 58.6 Å². The van der Waals surface area contributed by atoms with Crippen LogP contribution in [0.3, 0.4) is 0 Å². The van der Waals surface area contributed by atoms with Crippen molar-refractivity contribution >= 4 is 5.91 Å². The Morgan fingerprint density at radius 2 is 1.79 bits per heavy atom. The van der Waals surface area contributed by atoms with Crippen LogP contribution in [0.25, 0.3) is 0 Å². The quantitative estimate of drug-likeness (QED) is 0.781. The lowest BCUT2D eigenvalue weighted by Crippen LogP contribution is -2.25. The highest BCUT2D eigenvalue weighted by Crippen LogP contribution is 2.25. The van der Waals surface area contributed by atoms with Crippen LogP contribution in [0, 0.1) is 0 Å². The van der Waals surface area contributed by atoms with Crippen LogP contribution in [0.2, 0.25) is 0 Å². The van der Waals surface area contributed by atoms with Crippen molar-refractivity contribution in [3.8, 4) is 5.75 Å². The molecule has 0 spiro atoms. The monoisotopic (exact) mass is 327 g/mol. The molecule has 0 radical (unpaired) electrons. The molecule has 1 atom stereocenters. The molecule has 0 aromatic heterocycles. The van der Waals surface area contributed by atoms with Gasteiger partial charge in [0.05, 0.1) is 13.7 Å². The normalized spacial score (nSPS) is 11.8. The number of carbonyl (C=O) groups is 1. The van der Waals surface area contributed by atoms with E-state index in [9.17, 15) is 9.90 Å². The smallest absolute Gasteiger partial charge is 0.220 e. The van der Waals surface area contributed by atoms with Crippen LogP contribution in [-0.4, -0.2) is 18.1 Å². The molecule has 2 aromatic carbocycles. The average molecular weight is 327 g/mol. The molecular weight excluding hydrogens is 302 g/mol. The molecule has 4 nitrogen and oxygen atoms in total. The van der Waals surface area contributed by atoms with Gasteiger partial charge in [-0.15, -0.1) is 0 Å². The maximum absolute atomic E-state index is 12.3. The third-order valence-corrected chi connectivity index (χ3v) is 4.28. The number of ether oxygens (including phenoxy) is 1. The summed E-state index contributed by atoms with van der Waals surface area (Å²) in [6.45, 7) is 2.51. The fourth-order valence-corrected chi connectivity index (χ4v) is 2.75. The Morgan fingerprint density at radius 3 is 2.38 bits per heavy atom. The summed E-state index contributed by atoms with van der Waals surface area (Å²) in [5.41, 5.74) is 2.94. The lowest BCUT2D eigenvalue weighted by Gasteiger charge is -2.16. The number of aliphatic hydroxyl groups is 1. The molecule has 2 aromatic rings. The number of hydrogen-bond donors (Lipinski definition) is 2. The van der Waals surface area contributed by atoms with Crippen molar-refractivity contribution in [3.05, 3.63) is 65.2 Å². The van der Waals surface area contributed by atoms with Crippen molar-refractivity contribution in [1.29, 1.82) is 0 Å². The number of nitrogens with one attached hydrogen (secondary N) is 1. The molecular formula is C20H25NO3. The zero-order valence-electron chi connectivity index (χ0n) is 14.3. The zero-order chi connectivity index (χ0) is 17.4. The van der Waals surface area contributed by atoms with Gasteiger partial charge < -0.3 is 15.2 Å². The van der Waals surface area contributed by atoms with Crippen molar-refractivity contribution in [2.24, 2.45) is 0 Å². The van der Waals surface area contributed by atoms with Gasteiger partial charge >= 0.3 is 0 Å². The summed E-state index contributed by atoms with van der Waals surface area (Å²) in [5, 5.41) is 12.3. The van der Waals surface area contributed by atoms with E-state index in [0.29, 0.717) is 13.0 Å². The van der Waals surface area contributed by atoms with E-state index in [1.165, 1.54) is 0 Å². The molecule has 0 saturated heterocycles. The van der Waals surface area contributed by atoms with Gasteiger partial charge in [-0.1, -0.05) is 43.3 Å². The summed E-state index contributed by atoms with van der Waals surface area (Å²) in [4.78, 5) is 12.3. The maximum Gasteiger partial charge on any atom is 0.220 e. The zero-order valence-corrected chi connectivity index (χ0v) is 14.3. The van der Waals surface area contributed by atoms with E-state index in [2.05, 4.69) is 12.2 Å². The molecule has 128 valence electrons. The molecule has 1 amide bonds. The number of rotatable bonds is 8. The highest BCUT2D eigenvalue weighted by molar-refractivity contribution is 5.76. The fraction of sp³-hybridized carbons (Fsp3) is 0.350. The summed E-state index contributed by atoms with van der Waals surface area (Å²) in [5.74, 6) is 1.02. The SMILES string of the molecule is CCC(CC(=O)NCc1ccccc1CO)c1ccc(OC)cc1. The Labute approximate surface area is 143 Å². The average Bonchev–Trinajstić information content (AvgIpc) is 2.64. The summed E-state index contributed by atoms with van der Waals surface area (Å²) in [6, 6.07) is 15.5. The van der Waals surface area contributed by atoms with Gasteiger partial charge in [0.15, 0.2) is 0 Å². The van der Waals surface area contributed by atoms with Crippen LogP contribution in [0.1, 0.15) is 42.4 Å². The molecule has 0 bridgehead atoms. The summed E-state index contributed by atoms with van der Waals surface area (Å²) >= 11 is 0. The molecule has 0 aliphatic heterocycles. The predicted octanol–water partition coefficient (Wildman–Crippen LogP) is 3.39. The van der Waals surface area contributed by atoms with Gasteiger partial charge in [0.1, 0.15) is 5.75 Å². The largest absolute Gasteiger partial charge is 0.497 e. The van der Waals surface area contributed by atoms with Gasteiger partial charge in [-0.25, -0.2) is 0 Å². The van der Waals surface area contributed by atoms with Gasteiger partial charge in [-0.05, 0) is 41.2 Å². The molecule has 2 rings (SSSR count). The molecule has 1 unspecified atom stereocenters. The van der Waals surface area contributed by atoms with Crippen LogP contribution in [0.4, 0.5) is 0 Å². The first-order chi connectivity index (χ1) is 11.7. The number of amides is 1. The maximum atomic E-state index is 12.3. The second kappa shape index (κ2) is 9.08. The lowest BCUT2D eigenvalue weighted by atomic mass is 9.93. The number of benzene rings is 2. The van der Waals surface area contributed by atoms with E-state index in [0.717, 1.165) is 28.9 Å². The molecule has 2 N–H and O–H groups in total. The van der Waals surface area contributed by atoms with E-state index < -0.39 is 0 Å². The van der Waals surface area contributed by atoms with E-state index in [1.54, 1.807) is 7.11 Å². The molecule has 0 aliphatic carbocycles. The number of aliphatic hydroxyl groups excluding tert-OH is 1. The van der Waals surface area contributed by atoms with Gasteiger partial charge in [-0.2, -0.15) is 0 Å². The van der Waals surface area contributed by atoms with Crippen LogP contribution in [0.15, 0.2) is 48.5 Å². The van der Waals surface area contributed by atoms with Crippen molar-refractivity contribution in [3.63, 3.8) is 0 Å². The first-order valence-corrected chi connectivity index (χ1v) is 8.26. The van der Waals surface area contributed by atoms with Gasteiger partial charge in [0.2, 0.25) is 5.91 Å². The minimum atomic E-state index is -0.0184. The molecule has 0 fully saturated rings. The van der Waals surface area contributed by atoms with Crippen molar-refractivity contribution < 1.29 is 14.6 Å². The van der Waals surface area contributed by atoms with Crippen LogP contribution in [0.5, 0.6) is 5.75 Å². The fourth-order valence-electron chi connectivity index (χ4n) is 2.75. The first kappa shape index (κ1) is 18.0. The Hall–Kier alpha value is -2.33. The number of carbonyl (C=O) groups excluding carboxylic acids is 1. The van der Waals surface area contributed by atoms with E-state index in [4.69, 9.17) is 4.74 Å². The van der Waals surface area contributed by atoms with Gasteiger partial charge in [-0.3, -0.25) is 4.79 Å². The second-order valence-electron chi connectivity index (χ2n) is 5.79. The number of methoxy groups -OCH3 is 1. The summed E-state index contributed by atoms with van der Waals surface area (Å²) in [6.07, 6.45) is 1.34. The second-order valence-corrected chi connectivity index (χ2v) is 5.79. The molecule has 0 heterocycles. The summed E-state index contributed by atoms with van der Waals surface area (Å²) < 4.78 is 5.17. The standard InChI is InChI=1S/C20H25NO3/c1-3-15(16-8-10-19(24-2)11-9-16)12-20(23)21-13-17-6-4-5-7-18(17)14-22/h4-11,15,22H,3,12-14H2,1-2H3,(H,21,23). The Morgan fingerprint density at radius 1 is 1.12 bits per heavy atom. The van der Waals surface area contributed by atoms with Crippen molar-refractivity contribution in [2.75, 3.05) is 7.11 Å². The minimum Gasteiger partial charge on any atom is -0.497 e. The Kier molecular flexibility index (Phi) is 6.82. The molecule has 0 saturated carbocycles. The Balaban J connectivity index is 1.94. The highest BCUT2D eigenvalue weighted by Gasteiger charge is 2.14. The predicted molar refractivity (Wildman–Crippen MR) is 94.9 cm³/mol.